The van der Waals surface area contributed by atoms with Crippen LogP contribution in [0.15, 0.2) is 48.5 Å². The van der Waals surface area contributed by atoms with Gasteiger partial charge in [0, 0.05) is 30.4 Å². The van der Waals surface area contributed by atoms with Crippen molar-refractivity contribution < 1.29 is 33.4 Å². The van der Waals surface area contributed by atoms with Crippen molar-refractivity contribution in [2.24, 2.45) is 5.92 Å². The molecule has 0 bridgehead atoms. The molecular formula is C24H26N2O7. The number of carbonyl (C=O) groups is 4. The van der Waals surface area contributed by atoms with Gasteiger partial charge in [-0.3, -0.25) is 14.4 Å². The molecule has 3 rings (SSSR count). The Bertz CT molecular complexity index is 1030. The summed E-state index contributed by atoms with van der Waals surface area (Å²) < 4.78 is 15.4. The number of nitrogens with one attached hydrogen (secondary N) is 1. The third-order valence-corrected chi connectivity index (χ3v) is 4.91. The lowest BCUT2D eigenvalue weighted by Crippen LogP contribution is -2.28. The van der Waals surface area contributed by atoms with E-state index in [1.165, 1.54) is 12.0 Å². The van der Waals surface area contributed by atoms with Gasteiger partial charge in [0.25, 0.3) is 5.91 Å². The first-order valence-corrected chi connectivity index (χ1v) is 10.5. The molecule has 33 heavy (non-hydrogen) atoms. The number of esters is 2. The molecule has 1 fully saturated rings. The van der Waals surface area contributed by atoms with E-state index in [1.807, 2.05) is 0 Å². The average Bonchev–Trinajstić information content (AvgIpc) is 3.19. The van der Waals surface area contributed by atoms with Crippen molar-refractivity contribution in [2.75, 3.05) is 30.5 Å². The lowest BCUT2D eigenvalue weighted by atomic mass is 10.1. The molecular weight excluding hydrogens is 428 g/mol. The number of ether oxygens (including phenoxy) is 3. The van der Waals surface area contributed by atoms with E-state index < -0.39 is 30.4 Å². The third kappa shape index (κ3) is 6.31. The smallest absolute Gasteiger partial charge is 0.338 e. The molecule has 2 amide bonds. The second kappa shape index (κ2) is 10.6. The van der Waals surface area contributed by atoms with Gasteiger partial charge in [-0.1, -0.05) is 6.07 Å². The molecule has 2 aromatic rings. The summed E-state index contributed by atoms with van der Waals surface area (Å²) >= 11 is 0. The highest BCUT2D eigenvalue weighted by molar-refractivity contribution is 6.00. The van der Waals surface area contributed by atoms with E-state index in [2.05, 4.69) is 5.32 Å². The highest BCUT2D eigenvalue weighted by Gasteiger charge is 2.36. The van der Waals surface area contributed by atoms with Crippen LogP contribution in [-0.2, 0) is 23.9 Å². The van der Waals surface area contributed by atoms with Gasteiger partial charge in [-0.05, 0) is 50.2 Å². The number of amides is 2. The molecule has 0 radical (unpaired) electrons. The molecule has 1 heterocycles. The topological polar surface area (TPSA) is 111 Å². The van der Waals surface area contributed by atoms with Crippen molar-refractivity contribution in [3.63, 3.8) is 0 Å². The minimum atomic E-state index is -0.687. The summed E-state index contributed by atoms with van der Waals surface area (Å²) in [6.07, 6.45) is -0.255. The number of anilines is 2. The summed E-state index contributed by atoms with van der Waals surface area (Å²) in [5.74, 6) is -1.91. The van der Waals surface area contributed by atoms with Gasteiger partial charge in [0.05, 0.1) is 24.7 Å². The van der Waals surface area contributed by atoms with Crippen LogP contribution in [0.1, 0.15) is 30.6 Å². The van der Waals surface area contributed by atoms with Crippen LogP contribution in [0, 0.1) is 5.92 Å². The Labute approximate surface area is 191 Å². The number of rotatable bonds is 8. The molecule has 9 heteroatoms. The zero-order valence-corrected chi connectivity index (χ0v) is 18.7. The van der Waals surface area contributed by atoms with Gasteiger partial charge in [0.1, 0.15) is 5.75 Å². The quantitative estimate of drug-likeness (QED) is 0.611. The van der Waals surface area contributed by atoms with Gasteiger partial charge in [0.2, 0.25) is 5.91 Å². The molecule has 2 aromatic carbocycles. The lowest BCUT2D eigenvalue weighted by molar-refractivity contribution is -0.151. The molecule has 0 saturated carbocycles. The monoisotopic (exact) mass is 454 g/mol. The maximum atomic E-state index is 12.4. The van der Waals surface area contributed by atoms with Crippen molar-refractivity contribution in [1.29, 1.82) is 0 Å². The van der Waals surface area contributed by atoms with Gasteiger partial charge in [0.15, 0.2) is 6.61 Å². The summed E-state index contributed by atoms with van der Waals surface area (Å²) in [6, 6.07) is 13.2. The number of hydrogen-bond donors (Lipinski definition) is 1. The molecule has 1 aliphatic rings. The van der Waals surface area contributed by atoms with Crippen molar-refractivity contribution in [3.05, 3.63) is 54.1 Å². The first-order chi connectivity index (χ1) is 15.8. The molecule has 1 saturated heterocycles. The lowest BCUT2D eigenvalue weighted by Gasteiger charge is -2.17. The van der Waals surface area contributed by atoms with E-state index in [9.17, 15) is 19.2 Å². The van der Waals surface area contributed by atoms with E-state index in [0.717, 1.165) is 0 Å². The predicted octanol–water partition coefficient (Wildman–Crippen LogP) is 2.80. The Morgan fingerprint density at radius 2 is 1.85 bits per heavy atom. The first-order valence-electron chi connectivity index (χ1n) is 10.5. The summed E-state index contributed by atoms with van der Waals surface area (Å²) in [6.45, 7) is 3.19. The molecule has 1 atom stereocenters. The molecule has 1 N–H and O–H groups in total. The molecule has 0 unspecified atom stereocenters. The maximum absolute atomic E-state index is 12.4. The molecule has 174 valence electrons. The fraction of sp³-hybridized carbons (Fsp3) is 0.333. The molecule has 0 spiro atoms. The Balaban J connectivity index is 1.52. The van der Waals surface area contributed by atoms with Crippen molar-refractivity contribution >= 4 is 35.1 Å². The van der Waals surface area contributed by atoms with Crippen LogP contribution in [0.25, 0.3) is 0 Å². The van der Waals surface area contributed by atoms with E-state index >= 15 is 0 Å². The van der Waals surface area contributed by atoms with Crippen molar-refractivity contribution in [3.8, 4) is 5.75 Å². The summed E-state index contributed by atoms with van der Waals surface area (Å²) in [5.41, 5.74) is 1.45. The highest BCUT2D eigenvalue weighted by Crippen LogP contribution is 2.26. The second-order valence-corrected chi connectivity index (χ2v) is 7.79. The van der Waals surface area contributed by atoms with Gasteiger partial charge < -0.3 is 24.4 Å². The highest BCUT2D eigenvalue weighted by atomic mass is 16.5. The Kier molecular flexibility index (Phi) is 7.66. The number of methoxy groups -OCH3 is 1. The molecule has 9 nitrogen and oxygen atoms in total. The Hall–Kier alpha value is -3.88. The van der Waals surface area contributed by atoms with Crippen molar-refractivity contribution in [1.82, 2.24) is 0 Å². The fourth-order valence-corrected chi connectivity index (χ4v) is 3.33. The van der Waals surface area contributed by atoms with Crippen LogP contribution in [0.4, 0.5) is 11.4 Å². The molecule has 0 aromatic heterocycles. The number of hydrogen-bond acceptors (Lipinski definition) is 7. The van der Waals surface area contributed by atoms with Gasteiger partial charge in [-0.15, -0.1) is 0 Å². The zero-order valence-electron chi connectivity index (χ0n) is 18.7. The van der Waals surface area contributed by atoms with E-state index in [0.29, 0.717) is 22.7 Å². The number of nitrogens with zero attached hydrogens (tertiary/aromatic N) is 1. The van der Waals surface area contributed by atoms with Gasteiger partial charge in [-0.25, -0.2) is 4.79 Å². The largest absolute Gasteiger partial charge is 0.497 e. The predicted molar refractivity (Wildman–Crippen MR) is 120 cm³/mol. The van der Waals surface area contributed by atoms with Gasteiger partial charge in [-0.2, -0.15) is 0 Å². The standard InChI is InChI=1S/C24H26N2O7/c1-15(2)33-24(30)16-7-9-19(10-8-16)26-13-17(11-22(26)28)23(29)32-14-21(27)25-18-5-4-6-20(12-18)31-3/h4-10,12,15,17H,11,13-14H2,1-3H3,(H,25,27)/t17-/m1/s1. The van der Waals surface area contributed by atoms with Crippen LogP contribution < -0.4 is 15.0 Å². The fourth-order valence-electron chi connectivity index (χ4n) is 3.33. The molecule has 1 aliphatic heterocycles. The summed E-state index contributed by atoms with van der Waals surface area (Å²) in [5, 5.41) is 2.62. The third-order valence-electron chi connectivity index (χ3n) is 4.91. The van der Waals surface area contributed by atoms with Crippen LogP contribution in [0.2, 0.25) is 0 Å². The Morgan fingerprint density at radius 3 is 2.52 bits per heavy atom. The van der Waals surface area contributed by atoms with Crippen LogP contribution in [0.5, 0.6) is 5.75 Å². The normalized spacial score (nSPS) is 15.3. The number of benzene rings is 2. The summed E-state index contributed by atoms with van der Waals surface area (Å²) in [4.78, 5) is 50.4. The number of carbonyl (C=O) groups excluding carboxylic acids is 4. The van der Waals surface area contributed by atoms with Crippen molar-refractivity contribution in [2.45, 2.75) is 26.4 Å². The van der Waals surface area contributed by atoms with Crippen LogP contribution >= 0.6 is 0 Å². The SMILES string of the molecule is COc1cccc(NC(=O)COC(=O)[C@@H]2CC(=O)N(c3ccc(C(=O)OC(C)C)cc3)C2)c1. The van der Waals surface area contributed by atoms with E-state index in [1.54, 1.807) is 62.4 Å². The first kappa shape index (κ1) is 23.8. The molecule has 0 aliphatic carbocycles. The minimum absolute atomic E-state index is 0.0204. The Morgan fingerprint density at radius 1 is 1.12 bits per heavy atom. The summed E-state index contributed by atoms with van der Waals surface area (Å²) in [7, 11) is 1.52. The maximum Gasteiger partial charge on any atom is 0.338 e. The minimum Gasteiger partial charge on any atom is -0.497 e. The van der Waals surface area contributed by atoms with E-state index in [4.69, 9.17) is 14.2 Å². The van der Waals surface area contributed by atoms with E-state index in [-0.39, 0.29) is 25.0 Å². The van der Waals surface area contributed by atoms with Gasteiger partial charge >= 0.3 is 11.9 Å². The zero-order chi connectivity index (χ0) is 24.0. The van der Waals surface area contributed by atoms with Crippen LogP contribution in [0.3, 0.4) is 0 Å². The van der Waals surface area contributed by atoms with Crippen LogP contribution in [-0.4, -0.2) is 50.1 Å². The average molecular weight is 454 g/mol. The second-order valence-electron chi connectivity index (χ2n) is 7.79.